The van der Waals surface area contributed by atoms with Crippen LogP contribution in [0.3, 0.4) is 0 Å². The first-order chi connectivity index (χ1) is 8.81. The summed E-state index contributed by atoms with van der Waals surface area (Å²) in [5.74, 6) is 0.181. The average Bonchev–Trinajstić information content (AvgIpc) is 2.37. The van der Waals surface area contributed by atoms with E-state index in [0.717, 1.165) is 0 Å². The lowest BCUT2D eigenvalue weighted by molar-refractivity contribution is -0.129. The van der Waals surface area contributed by atoms with Gasteiger partial charge >= 0.3 is 0 Å². The highest BCUT2D eigenvalue weighted by molar-refractivity contribution is 6.30. The van der Waals surface area contributed by atoms with Crippen molar-refractivity contribution in [1.29, 1.82) is 0 Å². The van der Waals surface area contributed by atoms with E-state index in [4.69, 9.17) is 16.3 Å². The number of carbonyl (C=O) groups is 1. The average molecular weight is 287 g/mol. The van der Waals surface area contributed by atoms with E-state index in [1.807, 2.05) is 20.8 Å². The smallest absolute Gasteiger partial charge is 0.225 e. The molecule has 0 radical (unpaired) electrons. The number of aromatic amines is 1. The number of aromatic nitrogens is 1. The molecular formula is C13H19ClN2O3. The van der Waals surface area contributed by atoms with Gasteiger partial charge in [0.2, 0.25) is 5.91 Å². The third-order valence-electron chi connectivity index (χ3n) is 3.20. The molecule has 0 bridgehead atoms. The summed E-state index contributed by atoms with van der Waals surface area (Å²) in [4.78, 5) is 26.5. The Morgan fingerprint density at radius 1 is 1.53 bits per heavy atom. The van der Waals surface area contributed by atoms with Crippen molar-refractivity contribution in [3.63, 3.8) is 0 Å². The fourth-order valence-electron chi connectivity index (χ4n) is 1.38. The van der Waals surface area contributed by atoms with Gasteiger partial charge in [-0.05, 0) is 6.42 Å². The molecule has 19 heavy (non-hydrogen) atoms. The first kappa shape index (κ1) is 15.6. The summed E-state index contributed by atoms with van der Waals surface area (Å²) >= 11 is 5.96. The fourth-order valence-corrected chi connectivity index (χ4v) is 1.63. The van der Waals surface area contributed by atoms with E-state index in [1.165, 1.54) is 13.2 Å². The molecule has 1 aromatic heterocycles. The van der Waals surface area contributed by atoms with Crippen molar-refractivity contribution in [3.8, 4) is 5.88 Å². The second kappa shape index (κ2) is 6.10. The Labute approximate surface area is 117 Å². The van der Waals surface area contributed by atoms with Gasteiger partial charge < -0.3 is 15.0 Å². The number of nitrogens with one attached hydrogen (secondary N) is 2. The lowest BCUT2D eigenvalue weighted by Crippen LogP contribution is -2.37. The van der Waals surface area contributed by atoms with Crippen LogP contribution in [0.15, 0.2) is 10.9 Å². The molecule has 2 N–H and O–H groups in total. The van der Waals surface area contributed by atoms with Gasteiger partial charge in [0.15, 0.2) is 11.3 Å². The highest BCUT2D eigenvalue weighted by atomic mass is 35.5. The molecule has 0 aromatic carbocycles. The van der Waals surface area contributed by atoms with Crippen LogP contribution in [0.5, 0.6) is 5.88 Å². The summed E-state index contributed by atoms with van der Waals surface area (Å²) in [6.07, 6.45) is 0.714. The molecule has 0 aliphatic heterocycles. The van der Waals surface area contributed by atoms with Crippen molar-refractivity contribution in [2.75, 3.05) is 7.11 Å². The summed E-state index contributed by atoms with van der Waals surface area (Å²) in [5.41, 5.74) is -0.413. The zero-order chi connectivity index (χ0) is 14.6. The topological polar surface area (TPSA) is 71.2 Å². The number of H-pyrrole nitrogens is 1. The van der Waals surface area contributed by atoms with E-state index in [2.05, 4.69) is 10.3 Å². The second-order valence-corrected chi connectivity index (χ2v) is 5.29. The fraction of sp³-hybridized carbons (Fsp3) is 0.538. The predicted molar refractivity (Wildman–Crippen MR) is 74.5 cm³/mol. The van der Waals surface area contributed by atoms with Crippen LogP contribution < -0.4 is 15.5 Å². The molecule has 1 heterocycles. The van der Waals surface area contributed by atoms with Crippen molar-refractivity contribution in [2.45, 2.75) is 33.7 Å². The van der Waals surface area contributed by atoms with Crippen LogP contribution in [0.25, 0.3) is 0 Å². The Balaban J connectivity index is 2.85. The number of rotatable bonds is 5. The van der Waals surface area contributed by atoms with Crippen molar-refractivity contribution in [3.05, 3.63) is 27.0 Å². The molecule has 1 rings (SSSR count). The highest BCUT2D eigenvalue weighted by Gasteiger charge is 2.25. The van der Waals surface area contributed by atoms with Crippen LogP contribution in [0.4, 0.5) is 0 Å². The van der Waals surface area contributed by atoms with Gasteiger partial charge in [-0.25, -0.2) is 0 Å². The Kier molecular flexibility index (Phi) is 5.00. The molecule has 6 heteroatoms. The predicted octanol–water partition coefficient (Wildman–Crippen LogP) is 2.09. The number of hydrogen-bond donors (Lipinski definition) is 2. The standard InChI is InChI=1S/C13H19ClN2O3/c1-5-13(2,3)12(18)15-7-8-9(17)6-10(19-4)16-11(8)14/h6H,5,7H2,1-4H3,(H,15,18)(H,16,17). The Hall–Kier alpha value is -1.49. The van der Waals surface area contributed by atoms with E-state index in [-0.39, 0.29) is 23.0 Å². The molecular weight excluding hydrogens is 268 g/mol. The maximum atomic E-state index is 11.9. The first-order valence-corrected chi connectivity index (χ1v) is 6.43. The van der Waals surface area contributed by atoms with Crippen molar-refractivity contribution in [1.82, 2.24) is 10.3 Å². The van der Waals surface area contributed by atoms with Gasteiger partial charge in [0, 0.05) is 18.0 Å². The molecule has 106 valence electrons. The minimum Gasteiger partial charge on any atom is -0.482 e. The van der Waals surface area contributed by atoms with Crippen LogP contribution in [0.2, 0.25) is 5.15 Å². The van der Waals surface area contributed by atoms with Crippen LogP contribution in [-0.2, 0) is 11.3 Å². The van der Waals surface area contributed by atoms with Gasteiger partial charge in [0.25, 0.3) is 0 Å². The van der Waals surface area contributed by atoms with Crippen molar-refractivity contribution < 1.29 is 9.53 Å². The third-order valence-corrected chi connectivity index (χ3v) is 3.52. The normalized spacial score (nSPS) is 11.2. The van der Waals surface area contributed by atoms with E-state index in [0.29, 0.717) is 17.9 Å². The van der Waals surface area contributed by atoms with Crippen molar-refractivity contribution >= 4 is 17.5 Å². The number of hydrogen-bond acceptors (Lipinski definition) is 3. The summed E-state index contributed by atoms with van der Waals surface area (Å²) < 4.78 is 4.90. The van der Waals surface area contributed by atoms with Gasteiger partial charge in [0.05, 0.1) is 12.7 Å². The van der Waals surface area contributed by atoms with Gasteiger partial charge in [0.1, 0.15) is 5.15 Å². The molecule has 1 aromatic rings. The van der Waals surface area contributed by atoms with Crippen LogP contribution in [-0.4, -0.2) is 18.0 Å². The van der Waals surface area contributed by atoms with Crippen LogP contribution in [0.1, 0.15) is 32.8 Å². The SMILES string of the molecule is CCC(C)(C)C(=O)NCc1c(Cl)[nH]c(OC)cc1=O. The maximum absolute atomic E-state index is 11.9. The van der Waals surface area contributed by atoms with E-state index in [9.17, 15) is 9.59 Å². The van der Waals surface area contributed by atoms with Gasteiger partial charge in [-0.1, -0.05) is 32.4 Å². The summed E-state index contributed by atoms with van der Waals surface area (Å²) in [7, 11) is 1.44. The molecule has 0 aliphatic rings. The highest BCUT2D eigenvalue weighted by Crippen LogP contribution is 2.20. The van der Waals surface area contributed by atoms with E-state index >= 15 is 0 Å². The molecule has 0 fully saturated rings. The Morgan fingerprint density at radius 3 is 2.63 bits per heavy atom. The lowest BCUT2D eigenvalue weighted by atomic mass is 9.89. The quantitative estimate of drug-likeness (QED) is 0.814. The Bertz CT molecular complexity index is 523. The number of amides is 1. The molecule has 0 saturated carbocycles. The Morgan fingerprint density at radius 2 is 2.16 bits per heavy atom. The lowest BCUT2D eigenvalue weighted by Gasteiger charge is -2.21. The van der Waals surface area contributed by atoms with Crippen LogP contribution in [0, 0.1) is 5.41 Å². The van der Waals surface area contributed by atoms with Gasteiger partial charge in [-0.15, -0.1) is 0 Å². The van der Waals surface area contributed by atoms with Gasteiger partial charge in [-0.2, -0.15) is 0 Å². The third kappa shape index (κ3) is 3.73. The molecule has 1 amide bonds. The summed E-state index contributed by atoms with van der Waals surface area (Å²) in [6.45, 7) is 5.73. The summed E-state index contributed by atoms with van der Waals surface area (Å²) in [6, 6.07) is 1.30. The zero-order valence-electron chi connectivity index (χ0n) is 11.6. The number of ether oxygens (including phenoxy) is 1. The molecule has 0 saturated heterocycles. The monoisotopic (exact) mass is 286 g/mol. The van der Waals surface area contributed by atoms with E-state index in [1.54, 1.807) is 0 Å². The van der Waals surface area contributed by atoms with E-state index < -0.39 is 5.41 Å². The minimum absolute atomic E-state index is 0.0976. The first-order valence-electron chi connectivity index (χ1n) is 6.05. The number of methoxy groups -OCH3 is 1. The molecule has 0 spiro atoms. The van der Waals surface area contributed by atoms with Crippen LogP contribution >= 0.6 is 11.6 Å². The second-order valence-electron chi connectivity index (χ2n) is 4.91. The number of carbonyl (C=O) groups excluding carboxylic acids is 1. The van der Waals surface area contributed by atoms with Crippen molar-refractivity contribution in [2.24, 2.45) is 5.41 Å². The summed E-state index contributed by atoms with van der Waals surface area (Å²) in [5, 5.41) is 2.90. The molecule has 5 nitrogen and oxygen atoms in total. The largest absolute Gasteiger partial charge is 0.482 e. The molecule has 0 unspecified atom stereocenters. The zero-order valence-corrected chi connectivity index (χ0v) is 12.4. The maximum Gasteiger partial charge on any atom is 0.225 e. The molecule has 0 atom stereocenters. The van der Waals surface area contributed by atoms with Gasteiger partial charge in [-0.3, -0.25) is 9.59 Å². The number of pyridine rings is 1. The molecule has 0 aliphatic carbocycles. The minimum atomic E-state index is -0.467. The number of halogens is 1.